The van der Waals surface area contributed by atoms with Crippen molar-refractivity contribution in [1.29, 1.82) is 0 Å². The molecule has 1 aromatic rings. The summed E-state index contributed by atoms with van der Waals surface area (Å²) >= 11 is 0. The number of nitro groups is 1. The number of aliphatic imine (C=N–C) groups is 1. The zero-order valence-corrected chi connectivity index (χ0v) is 15.5. The number of hydrogen-bond acceptors (Lipinski definition) is 5. The lowest BCUT2D eigenvalue weighted by Crippen LogP contribution is -2.55. The van der Waals surface area contributed by atoms with Gasteiger partial charge in [0, 0.05) is 58.5 Å². The number of non-ortho nitro benzene ring substituents is 1. The number of amides is 1. The van der Waals surface area contributed by atoms with E-state index in [1.807, 2.05) is 11.0 Å². The molecule has 0 bridgehead atoms. The van der Waals surface area contributed by atoms with E-state index in [0.717, 1.165) is 24.4 Å². The summed E-state index contributed by atoms with van der Waals surface area (Å²) in [6, 6.07) is 6.54. The number of benzene rings is 1. The molecule has 0 aromatic heterocycles. The molecule has 27 heavy (non-hydrogen) atoms. The first-order chi connectivity index (χ1) is 13.1. The van der Waals surface area contributed by atoms with Crippen LogP contribution in [0.5, 0.6) is 0 Å². The monoisotopic (exact) mass is 375 g/mol. The number of rotatable bonds is 4. The van der Waals surface area contributed by atoms with Crippen molar-refractivity contribution < 1.29 is 14.5 Å². The summed E-state index contributed by atoms with van der Waals surface area (Å²) in [5.74, 6) is 0.817. The maximum absolute atomic E-state index is 12.4. The molecule has 1 unspecified atom stereocenters. The van der Waals surface area contributed by atoms with Gasteiger partial charge in [0.25, 0.3) is 11.6 Å². The highest BCUT2D eigenvalue weighted by atomic mass is 16.6. The van der Waals surface area contributed by atoms with Crippen LogP contribution < -0.4 is 5.32 Å². The molecule has 9 heteroatoms. The van der Waals surface area contributed by atoms with Gasteiger partial charge in [-0.15, -0.1) is 0 Å². The molecular formula is C18H25N5O4. The van der Waals surface area contributed by atoms with E-state index in [2.05, 4.69) is 15.2 Å². The zero-order valence-electron chi connectivity index (χ0n) is 15.5. The lowest BCUT2D eigenvalue weighted by atomic mass is 10.2. The molecule has 2 saturated heterocycles. The summed E-state index contributed by atoms with van der Waals surface area (Å²) in [5, 5.41) is 14.1. The fraction of sp³-hybridized carbons (Fsp3) is 0.556. The number of guanidine groups is 1. The van der Waals surface area contributed by atoms with Gasteiger partial charge < -0.3 is 19.9 Å². The van der Waals surface area contributed by atoms with Crippen LogP contribution in [0.2, 0.25) is 0 Å². The van der Waals surface area contributed by atoms with Crippen LogP contribution in [0.15, 0.2) is 29.3 Å². The van der Waals surface area contributed by atoms with Crippen LogP contribution in [-0.4, -0.2) is 72.5 Å². The Balaban J connectivity index is 1.51. The van der Waals surface area contributed by atoms with Crippen LogP contribution in [-0.2, 0) is 16.1 Å². The molecule has 0 saturated carbocycles. The predicted molar refractivity (Wildman–Crippen MR) is 100 cm³/mol. The van der Waals surface area contributed by atoms with Gasteiger partial charge in [0.2, 0.25) is 0 Å². The Kier molecular flexibility index (Phi) is 6.23. The number of carbonyl (C=O) groups is 1. The second-order valence-electron chi connectivity index (χ2n) is 6.64. The fourth-order valence-electron chi connectivity index (χ4n) is 3.41. The number of piperazine rings is 1. The highest BCUT2D eigenvalue weighted by molar-refractivity contribution is 5.82. The van der Waals surface area contributed by atoms with Crippen LogP contribution in [0.25, 0.3) is 0 Å². The van der Waals surface area contributed by atoms with Crippen molar-refractivity contribution in [3.63, 3.8) is 0 Å². The number of hydrogen-bond donors (Lipinski definition) is 1. The molecule has 2 fully saturated rings. The number of ether oxygens (including phenoxy) is 1. The molecule has 1 atom stereocenters. The van der Waals surface area contributed by atoms with Crippen molar-refractivity contribution in [3.05, 3.63) is 39.9 Å². The van der Waals surface area contributed by atoms with E-state index in [1.54, 1.807) is 19.2 Å². The Bertz CT molecular complexity index is 709. The van der Waals surface area contributed by atoms with Crippen LogP contribution in [0.4, 0.5) is 5.69 Å². The highest BCUT2D eigenvalue weighted by Gasteiger charge is 2.30. The van der Waals surface area contributed by atoms with E-state index in [4.69, 9.17) is 4.74 Å². The first-order valence-electron chi connectivity index (χ1n) is 9.18. The molecule has 2 aliphatic rings. The minimum Gasteiger partial charge on any atom is -0.368 e. The van der Waals surface area contributed by atoms with Crippen LogP contribution in [0.1, 0.15) is 18.4 Å². The summed E-state index contributed by atoms with van der Waals surface area (Å²) in [7, 11) is 1.71. The molecular weight excluding hydrogens is 350 g/mol. The summed E-state index contributed by atoms with van der Waals surface area (Å²) in [4.78, 5) is 31.2. The smallest absolute Gasteiger partial charge is 0.269 e. The second-order valence-corrected chi connectivity index (χ2v) is 6.64. The standard InChI is InChI=1S/C18H25N5O4/c1-19-18(20-13-14-4-2-5-15(12-14)23(25)26)22-9-7-21(8-10-22)17(24)16-6-3-11-27-16/h2,4-5,12,16H,3,6-11,13H2,1H3,(H,19,20). The molecule has 9 nitrogen and oxygen atoms in total. The summed E-state index contributed by atoms with van der Waals surface area (Å²) in [5.41, 5.74) is 0.892. The first kappa shape index (κ1) is 19.1. The van der Waals surface area contributed by atoms with E-state index in [0.29, 0.717) is 39.3 Å². The van der Waals surface area contributed by atoms with Crippen LogP contribution in [0.3, 0.4) is 0 Å². The van der Waals surface area contributed by atoms with Gasteiger partial charge in [-0.25, -0.2) is 0 Å². The topological polar surface area (TPSA) is 100 Å². The number of nitrogens with one attached hydrogen (secondary N) is 1. The third-order valence-corrected chi connectivity index (χ3v) is 4.88. The van der Waals surface area contributed by atoms with Gasteiger partial charge in [-0.3, -0.25) is 19.9 Å². The molecule has 146 valence electrons. The van der Waals surface area contributed by atoms with Crippen molar-refractivity contribution in [1.82, 2.24) is 15.1 Å². The molecule has 1 N–H and O–H groups in total. The molecule has 3 rings (SSSR count). The van der Waals surface area contributed by atoms with Gasteiger partial charge in [-0.05, 0) is 18.4 Å². The normalized spacial score (nSPS) is 20.6. The van der Waals surface area contributed by atoms with Crippen LogP contribution in [0, 0.1) is 10.1 Å². The average molecular weight is 375 g/mol. The quantitative estimate of drug-likeness (QED) is 0.365. The molecule has 0 spiro atoms. The third-order valence-electron chi connectivity index (χ3n) is 4.88. The molecule has 1 aromatic carbocycles. The Morgan fingerprint density at radius 2 is 2.07 bits per heavy atom. The summed E-state index contributed by atoms with van der Waals surface area (Å²) in [6.07, 6.45) is 1.48. The van der Waals surface area contributed by atoms with Crippen molar-refractivity contribution in [3.8, 4) is 0 Å². The lowest BCUT2D eigenvalue weighted by Gasteiger charge is -2.37. The SMILES string of the molecule is CN=C(NCc1cccc([N+](=O)[O-])c1)N1CCN(C(=O)C2CCCO2)CC1. The fourth-order valence-corrected chi connectivity index (χ4v) is 3.41. The molecule has 2 aliphatic heterocycles. The summed E-state index contributed by atoms with van der Waals surface area (Å²) in [6.45, 7) is 3.76. The van der Waals surface area contributed by atoms with Gasteiger partial charge in [0.15, 0.2) is 5.96 Å². The van der Waals surface area contributed by atoms with Crippen molar-refractivity contribution in [2.75, 3.05) is 39.8 Å². The second kappa shape index (κ2) is 8.81. The Morgan fingerprint density at radius 1 is 1.33 bits per heavy atom. The predicted octanol–water partition coefficient (Wildman–Crippen LogP) is 0.993. The number of nitro benzene ring substituents is 1. The summed E-state index contributed by atoms with van der Waals surface area (Å²) < 4.78 is 5.49. The highest BCUT2D eigenvalue weighted by Crippen LogP contribution is 2.16. The third kappa shape index (κ3) is 4.73. The number of carbonyl (C=O) groups excluding carboxylic acids is 1. The number of nitrogens with zero attached hydrogens (tertiary/aromatic N) is 4. The first-order valence-corrected chi connectivity index (χ1v) is 9.18. The van der Waals surface area contributed by atoms with E-state index in [1.165, 1.54) is 6.07 Å². The maximum atomic E-state index is 12.4. The molecule has 2 heterocycles. The van der Waals surface area contributed by atoms with Gasteiger partial charge in [0.1, 0.15) is 6.10 Å². The lowest BCUT2D eigenvalue weighted by molar-refractivity contribution is -0.384. The van der Waals surface area contributed by atoms with Crippen molar-refractivity contribution >= 4 is 17.6 Å². The zero-order chi connectivity index (χ0) is 19.2. The average Bonchev–Trinajstić information content (AvgIpc) is 3.23. The van der Waals surface area contributed by atoms with Gasteiger partial charge in [0.05, 0.1) is 4.92 Å². The van der Waals surface area contributed by atoms with Crippen molar-refractivity contribution in [2.45, 2.75) is 25.5 Å². The minimum absolute atomic E-state index is 0.0746. The minimum atomic E-state index is -0.400. The largest absolute Gasteiger partial charge is 0.368 e. The van der Waals surface area contributed by atoms with E-state index in [9.17, 15) is 14.9 Å². The van der Waals surface area contributed by atoms with Crippen molar-refractivity contribution in [2.24, 2.45) is 4.99 Å². The molecule has 0 aliphatic carbocycles. The Labute approximate surface area is 158 Å². The van der Waals surface area contributed by atoms with E-state index in [-0.39, 0.29) is 17.7 Å². The van der Waals surface area contributed by atoms with Crippen LogP contribution >= 0.6 is 0 Å². The van der Waals surface area contributed by atoms with E-state index < -0.39 is 4.92 Å². The Morgan fingerprint density at radius 3 is 2.70 bits per heavy atom. The molecule has 0 radical (unpaired) electrons. The molecule has 1 amide bonds. The van der Waals surface area contributed by atoms with Gasteiger partial charge in [-0.1, -0.05) is 12.1 Å². The maximum Gasteiger partial charge on any atom is 0.269 e. The van der Waals surface area contributed by atoms with Gasteiger partial charge in [-0.2, -0.15) is 0 Å². The van der Waals surface area contributed by atoms with Gasteiger partial charge >= 0.3 is 0 Å². The van der Waals surface area contributed by atoms with E-state index >= 15 is 0 Å². The Hall–Kier alpha value is -2.68.